The molecule has 1 aromatic heterocycles. The van der Waals surface area contributed by atoms with E-state index in [1.807, 2.05) is 36.6 Å². The van der Waals surface area contributed by atoms with Crippen molar-refractivity contribution in [3.8, 4) is 0 Å². The molecule has 4 nitrogen and oxygen atoms in total. The van der Waals surface area contributed by atoms with E-state index in [0.29, 0.717) is 6.42 Å². The molecule has 1 heterocycles. The summed E-state index contributed by atoms with van der Waals surface area (Å²) in [5, 5.41) is 13.0. The molecule has 0 radical (unpaired) electrons. The number of nitrogens with one attached hydrogen (secondary N) is 1. The number of aliphatic hydroxyl groups is 1. The monoisotopic (exact) mass is 303 g/mol. The Bertz CT molecular complexity index is 652. The minimum absolute atomic E-state index is 0.288. The molecule has 0 spiro atoms. The van der Waals surface area contributed by atoms with Crippen LogP contribution < -0.4 is 5.32 Å². The van der Waals surface area contributed by atoms with E-state index in [1.165, 1.54) is 0 Å². The van der Waals surface area contributed by atoms with Gasteiger partial charge in [0.15, 0.2) is 5.76 Å². The van der Waals surface area contributed by atoms with Gasteiger partial charge >= 0.3 is 0 Å². The van der Waals surface area contributed by atoms with Crippen LogP contribution in [0.25, 0.3) is 0 Å². The third-order valence-electron chi connectivity index (χ3n) is 3.66. The van der Waals surface area contributed by atoms with Crippen molar-refractivity contribution in [1.82, 2.24) is 5.32 Å². The van der Waals surface area contributed by atoms with Gasteiger partial charge in [-0.2, -0.15) is 11.8 Å². The van der Waals surface area contributed by atoms with Gasteiger partial charge in [-0.05, 0) is 29.5 Å². The molecule has 1 aliphatic rings. The Morgan fingerprint density at radius 3 is 3.00 bits per heavy atom. The van der Waals surface area contributed by atoms with E-state index < -0.39 is 6.10 Å². The maximum atomic E-state index is 12.3. The Balaban J connectivity index is 1.75. The maximum Gasteiger partial charge on any atom is 0.287 e. The SMILES string of the molecule is CSCc1ccc(C(=O)NC2c3ccccc3CC2O)o1. The number of thioether (sulfide) groups is 1. The number of hydrogen-bond donors (Lipinski definition) is 2. The summed E-state index contributed by atoms with van der Waals surface area (Å²) in [5.74, 6) is 1.51. The van der Waals surface area contributed by atoms with Crippen LogP contribution in [0.4, 0.5) is 0 Å². The number of amides is 1. The van der Waals surface area contributed by atoms with Gasteiger partial charge in [0.1, 0.15) is 5.76 Å². The number of hydrogen-bond acceptors (Lipinski definition) is 4. The normalized spacial score (nSPS) is 20.3. The predicted molar refractivity (Wildman–Crippen MR) is 82.3 cm³/mol. The molecule has 2 aromatic rings. The quantitative estimate of drug-likeness (QED) is 0.911. The van der Waals surface area contributed by atoms with Crippen LogP contribution in [0.2, 0.25) is 0 Å². The molecule has 0 bridgehead atoms. The smallest absolute Gasteiger partial charge is 0.287 e. The lowest BCUT2D eigenvalue weighted by Gasteiger charge is -2.17. The first kappa shape index (κ1) is 14.2. The average Bonchev–Trinajstić information content (AvgIpc) is 3.05. The lowest BCUT2D eigenvalue weighted by molar-refractivity contribution is 0.0830. The number of aliphatic hydroxyl groups excluding tert-OH is 1. The van der Waals surface area contributed by atoms with E-state index in [2.05, 4.69) is 5.32 Å². The molecule has 1 aromatic carbocycles. The fraction of sp³-hybridized carbons (Fsp3) is 0.312. The molecule has 5 heteroatoms. The van der Waals surface area contributed by atoms with Gasteiger partial charge < -0.3 is 14.8 Å². The zero-order valence-electron chi connectivity index (χ0n) is 11.7. The van der Waals surface area contributed by atoms with Crippen molar-refractivity contribution in [3.63, 3.8) is 0 Å². The van der Waals surface area contributed by atoms with Crippen molar-refractivity contribution in [1.29, 1.82) is 0 Å². The van der Waals surface area contributed by atoms with Crippen LogP contribution >= 0.6 is 11.8 Å². The van der Waals surface area contributed by atoms with Crippen LogP contribution in [-0.4, -0.2) is 23.4 Å². The molecule has 21 heavy (non-hydrogen) atoms. The van der Waals surface area contributed by atoms with Crippen LogP contribution in [-0.2, 0) is 12.2 Å². The van der Waals surface area contributed by atoms with Crippen LogP contribution in [0.15, 0.2) is 40.8 Å². The van der Waals surface area contributed by atoms with E-state index in [1.54, 1.807) is 17.8 Å². The molecule has 110 valence electrons. The Labute approximate surface area is 127 Å². The third-order valence-corrected chi connectivity index (χ3v) is 4.24. The Morgan fingerprint density at radius 2 is 2.19 bits per heavy atom. The molecule has 0 saturated carbocycles. The van der Waals surface area contributed by atoms with Crippen molar-refractivity contribution in [3.05, 3.63) is 59.0 Å². The number of furan rings is 1. The molecule has 1 amide bonds. The highest BCUT2D eigenvalue weighted by Gasteiger charge is 2.32. The van der Waals surface area contributed by atoms with Gasteiger partial charge in [0, 0.05) is 6.42 Å². The molecule has 1 aliphatic carbocycles. The lowest BCUT2D eigenvalue weighted by Crippen LogP contribution is -2.33. The second-order valence-electron chi connectivity index (χ2n) is 5.12. The molecule has 2 N–H and O–H groups in total. The van der Waals surface area contributed by atoms with Crippen LogP contribution in [0, 0.1) is 0 Å². The van der Waals surface area contributed by atoms with E-state index >= 15 is 0 Å². The minimum atomic E-state index is -0.591. The zero-order chi connectivity index (χ0) is 14.8. The summed E-state index contributed by atoms with van der Waals surface area (Å²) in [7, 11) is 0. The van der Waals surface area contributed by atoms with Gasteiger partial charge in [0.25, 0.3) is 5.91 Å². The minimum Gasteiger partial charge on any atom is -0.455 e. The summed E-state index contributed by atoms with van der Waals surface area (Å²) in [6, 6.07) is 10.9. The highest BCUT2D eigenvalue weighted by atomic mass is 32.2. The summed E-state index contributed by atoms with van der Waals surface area (Å²) < 4.78 is 5.50. The second kappa shape index (κ2) is 5.95. The molecule has 0 saturated heterocycles. The molecule has 0 fully saturated rings. The van der Waals surface area contributed by atoms with Crippen molar-refractivity contribution in [2.75, 3.05) is 6.26 Å². The molecule has 2 atom stereocenters. The third kappa shape index (κ3) is 2.84. The standard InChI is InChI=1S/C16H17NO3S/c1-21-9-11-6-7-14(20-11)16(19)17-15-12-5-3-2-4-10(12)8-13(15)18/h2-7,13,15,18H,8-9H2,1H3,(H,17,19). The number of benzene rings is 1. The summed E-state index contributed by atoms with van der Waals surface area (Å²) in [6.07, 6.45) is 1.96. The largest absolute Gasteiger partial charge is 0.455 e. The van der Waals surface area contributed by atoms with Crippen LogP contribution in [0.5, 0.6) is 0 Å². The Morgan fingerprint density at radius 1 is 1.38 bits per heavy atom. The fourth-order valence-corrected chi connectivity index (χ4v) is 3.12. The van der Waals surface area contributed by atoms with Crippen molar-refractivity contribution < 1.29 is 14.3 Å². The van der Waals surface area contributed by atoms with Gasteiger partial charge in [-0.1, -0.05) is 24.3 Å². The van der Waals surface area contributed by atoms with E-state index in [-0.39, 0.29) is 17.7 Å². The number of rotatable bonds is 4. The topological polar surface area (TPSA) is 62.5 Å². The van der Waals surface area contributed by atoms with E-state index in [4.69, 9.17) is 4.42 Å². The molecular formula is C16H17NO3S. The van der Waals surface area contributed by atoms with Gasteiger partial charge in [-0.25, -0.2) is 0 Å². The van der Waals surface area contributed by atoms with E-state index in [9.17, 15) is 9.90 Å². The highest BCUT2D eigenvalue weighted by molar-refractivity contribution is 7.97. The molecule has 0 aliphatic heterocycles. The fourth-order valence-electron chi connectivity index (χ4n) is 2.68. The Kier molecular flexibility index (Phi) is 4.03. The zero-order valence-corrected chi connectivity index (χ0v) is 12.5. The summed E-state index contributed by atoms with van der Waals surface area (Å²) in [6.45, 7) is 0. The first-order valence-corrected chi connectivity index (χ1v) is 8.23. The van der Waals surface area contributed by atoms with Crippen molar-refractivity contribution in [2.45, 2.75) is 24.3 Å². The van der Waals surface area contributed by atoms with Crippen molar-refractivity contribution >= 4 is 17.7 Å². The average molecular weight is 303 g/mol. The second-order valence-corrected chi connectivity index (χ2v) is 5.99. The van der Waals surface area contributed by atoms with Crippen LogP contribution in [0.3, 0.4) is 0 Å². The van der Waals surface area contributed by atoms with Crippen LogP contribution in [0.1, 0.15) is 33.5 Å². The number of carbonyl (C=O) groups is 1. The molecular weight excluding hydrogens is 286 g/mol. The summed E-state index contributed by atoms with van der Waals surface area (Å²) in [5.41, 5.74) is 2.06. The summed E-state index contributed by atoms with van der Waals surface area (Å²) >= 11 is 1.64. The van der Waals surface area contributed by atoms with Gasteiger partial charge in [0.2, 0.25) is 0 Å². The summed E-state index contributed by atoms with van der Waals surface area (Å²) in [4.78, 5) is 12.3. The lowest BCUT2D eigenvalue weighted by atomic mass is 10.1. The Hall–Kier alpha value is -1.72. The number of carbonyl (C=O) groups excluding carboxylic acids is 1. The molecule has 3 rings (SSSR count). The van der Waals surface area contributed by atoms with Gasteiger partial charge in [-0.3, -0.25) is 4.79 Å². The van der Waals surface area contributed by atoms with Gasteiger partial charge in [0.05, 0.1) is 17.9 Å². The maximum absolute atomic E-state index is 12.3. The highest BCUT2D eigenvalue weighted by Crippen LogP contribution is 2.31. The van der Waals surface area contributed by atoms with Crippen molar-refractivity contribution in [2.24, 2.45) is 0 Å². The number of fused-ring (bicyclic) bond motifs is 1. The van der Waals surface area contributed by atoms with E-state index in [0.717, 1.165) is 22.6 Å². The first-order chi connectivity index (χ1) is 10.2. The first-order valence-electron chi connectivity index (χ1n) is 6.83. The molecule has 2 unspecified atom stereocenters. The predicted octanol–water partition coefficient (Wildman–Crippen LogP) is 2.53. The van der Waals surface area contributed by atoms with Gasteiger partial charge in [-0.15, -0.1) is 0 Å².